The summed E-state index contributed by atoms with van der Waals surface area (Å²) < 4.78 is 25.6. The van der Waals surface area contributed by atoms with Gasteiger partial charge in [0.05, 0.1) is 18.4 Å². The molecule has 3 aromatic rings. The monoisotopic (exact) mass is 354 g/mol. The Morgan fingerprint density at radius 1 is 1.08 bits per heavy atom. The molecule has 0 spiro atoms. The van der Waals surface area contributed by atoms with Crippen molar-refractivity contribution in [2.75, 3.05) is 7.11 Å². The Kier molecular flexibility index (Phi) is 4.81. The van der Waals surface area contributed by atoms with Gasteiger partial charge >= 0.3 is 0 Å². The van der Waals surface area contributed by atoms with Crippen molar-refractivity contribution >= 4 is 17.2 Å². The first-order chi connectivity index (χ1) is 12.1. The molecule has 2 aromatic carbocycles. The van der Waals surface area contributed by atoms with Gasteiger partial charge in [0.25, 0.3) is 0 Å². The van der Waals surface area contributed by atoms with Gasteiger partial charge in [-0.05, 0) is 61.7 Å². The summed E-state index contributed by atoms with van der Waals surface area (Å²) in [6.07, 6.45) is 0. The lowest BCUT2D eigenvalue weighted by molar-refractivity contribution is 0.400. The standard InChI is InChI=1S/C19H18N2O3S/c1-11-5-10-16(12(2)18(11)21-25-22)17-13(3)24-20-19(17)14-6-8-15(23-4)9-7-14/h5-10H,1-4H3. The first kappa shape index (κ1) is 17.1. The van der Waals surface area contributed by atoms with Crippen molar-refractivity contribution in [1.29, 1.82) is 0 Å². The summed E-state index contributed by atoms with van der Waals surface area (Å²) in [5, 5.41) is 4.24. The van der Waals surface area contributed by atoms with E-state index in [0.29, 0.717) is 5.69 Å². The van der Waals surface area contributed by atoms with Crippen LogP contribution in [0.2, 0.25) is 0 Å². The fraction of sp³-hybridized carbons (Fsp3) is 0.211. The summed E-state index contributed by atoms with van der Waals surface area (Å²) in [5.74, 6) is 1.50. The Labute approximate surface area is 149 Å². The van der Waals surface area contributed by atoms with Crippen LogP contribution in [0, 0.1) is 20.8 Å². The van der Waals surface area contributed by atoms with Gasteiger partial charge in [-0.2, -0.15) is 8.57 Å². The summed E-state index contributed by atoms with van der Waals surface area (Å²) in [6, 6.07) is 11.6. The van der Waals surface area contributed by atoms with E-state index in [2.05, 4.69) is 9.52 Å². The smallest absolute Gasteiger partial charge is 0.205 e. The molecule has 3 rings (SSSR count). The van der Waals surface area contributed by atoms with Crippen molar-refractivity contribution in [2.45, 2.75) is 20.8 Å². The van der Waals surface area contributed by atoms with Crippen LogP contribution in [-0.2, 0) is 11.5 Å². The molecule has 0 amide bonds. The SMILES string of the molecule is COc1ccc(-c2noc(C)c2-c2ccc(C)c(N=S=O)c2C)cc1. The number of methoxy groups -OCH3 is 1. The molecule has 5 nitrogen and oxygen atoms in total. The molecule has 0 aliphatic heterocycles. The Morgan fingerprint density at radius 3 is 2.44 bits per heavy atom. The molecular weight excluding hydrogens is 336 g/mol. The summed E-state index contributed by atoms with van der Waals surface area (Å²) >= 11 is 0.220. The summed E-state index contributed by atoms with van der Waals surface area (Å²) in [5.41, 5.74) is 6.17. The van der Waals surface area contributed by atoms with Gasteiger partial charge in [0.2, 0.25) is 11.5 Å². The molecule has 0 unspecified atom stereocenters. The fourth-order valence-electron chi connectivity index (χ4n) is 2.92. The fourth-order valence-corrected chi connectivity index (χ4v) is 3.27. The highest BCUT2D eigenvalue weighted by atomic mass is 32.1. The number of hydrogen-bond donors (Lipinski definition) is 0. The second kappa shape index (κ2) is 7.03. The van der Waals surface area contributed by atoms with E-state index in [9.17, 15) is 4.21 Å². The second-order valence-corrected chi connectivity index (χ2v) is 6.09. The van der Waals surface area contributed by atoms with E-state index in [0.717, 1.165) is 45.0 Å². The average Bonchev–Trinajstić information content (AvgIpc) is 3.00. The number of ether oxygens (including phenoxy) is 1. The Bertz CT molecular complexity index is 971. The second-order valence-electron chi connectivity index (χ2n) is 5.76. The van der Waals surface area contributed by atoms with Crippen LogP contribution >= 0.6 is 0 Å². The minimum absolute atomic E-state index is 0.220. The third kappa shape index (κ3) is 3.13. The summed E-state index contributed by atoms with van der Waals surface area (Å²) in [6.45, 7) is 5.78. The molecule has 0 fully saturated rings. The van der Waals surface area contributed by atoms with E-state index in [1.807, 2.05) is 57.2 Å². The molecule has 0 N–H and O–H groups in total. The van der Waals surface area contributed by atoms with Crippen LogP contribution in [0.1, 0.15) is 16.9 Å². The van der Waals surface area contributed by atoms with Crippen molar-refractivity contribution in [3.63, 3.8) is 0 Å². The molecule has 0 bridgehead atoms. The molecule has 6 heteroatoms. The van der Waals surface area contributed by atoms with Crippen LogP contribution in [0.5, 0.6) is 5.75 Å². The number of aromatic nitrogens is 1. The normalized spacial score (nSPS) is 10.6. The van der Waals surface area contributed by atoms with Crippen molar-refractivity contribution in [2.24, 2.45) is 4.36 Å². The molecule has 1 heterocycles. The van der Waals surface area contributed by atoms with Gasteiger partial charge in [0.1, 0.15) is 17.2 Å². The number of nitrogens with zero attached hydrogens (tertiary/aromatic N) is 2. The summed E-state index contributed by atoms with van der Waals surface area (Å²) in [4.78, 5) is 0. The molecule has 1 aromatic heterocycles. The zero-order valence-corrected chi connectivity index (χ0v) is 15.3. The highest BCUT2D eigenvalue weighted by Crippen LogP contribution is 2.40. The predicted molar refractivity (Wildman–Crippen MR) is 98.4 cm³/mol. The highest BCUT2D eigenvalue weighted by Gasteiger charge is 2.20. The molecule has 0 atom stereocenters. The van der Waals surface area contributed by atoms with E-state index in [1.54, 1.807) is 7.11 Å². The van der Waals surface area contributed by atoms with Gasteiger partial charge in [0, 0.05) is 5.56 Å². The first-order valence-corrected chi connectivity index (χ1v) is 8.48. The molecule has 25 heavy (non-hydrogen) atoms. The Morgan fingerprint density at radius 2 is 1.80 bits per heavy atom. The van der Waals surface area contributed by atoms with Gasteiger partial charge in [-0.3, -0.25) is 0 Å². The lowest BCUT2D eigenvalue weighted by Crippen LogP contribution is -1.90. The average molecular weight is 354 g/mol. The molecule has 0 aliphatic rings. The lowest BCUT2D eigenvalue weighted by atomic mass is 9.93. The van der Waals surface area contributed by atoms with Crippen molar-refractivity contribution < 1.29 is 13.5 Å². The van der Waals surface area contributed by atoms with E-state index < -0.39 is 0 Å². The van der Waals surface area contributed by atoms with E-state index in [-0.39, 0.29) is 11.5 Å². The van der Waals surface area contributed by atoms with Crippen LogP contribution in [0.25, 0.3) is 22.4 Å². The lowest BCUT2D eigenvalue weighted by Gasteiger charge is -2.11. The quantitative estimate of drug-likeness (QED) is 0.663. The Hall–Kier alpha value is -2.73. The highest BCUT2D eigenvalue weighted by molar-refractivity contribution is 7.54. The van der Waals surface area contributed by atoms with Gasteiger partial charge in [-0.15, -0.1) is 0 Å². The van der Waals surface area contributed by atoms with Crippen LogP contribution in [0.3, 0.4) is 0 Å². The molecule has 0 aliphatic carbocycles. The van der Waals surface area contributed by atoms with E-state index >= 15 is 0 Å². The number of hydrogen-bond acceptors (Lipinski definition) is 5. The summed E-state index contributed by atoms with van der Waals surface area (Å²) in [7, 11) is 1.63. The van der Waals surface area contributed by atoms with Crippen molar-refractivity contribution in [1.82, 2.24) is 5.16 Å². The van der Waals surface area contributed by atoms with Crippen LogP contribution < -0.4 is 4.74 Å². The van der Waals surface area contributed by atoms with Gasteiger partial charge in [-0.1, -0.05) is 17.3 Å². The molecule has 0 saturated carbocycles. The van der Waals surface area contributed by atoms with Crippen molar-refractivity contribution in [3.8, 4) is 28.1 Å². The van der Waals surface area contributed by atoms with E-state index in [1.165, 1.54) is 0 Å². The Balaban J connectivity index is 2.20. The maximum absolute atomic E-state index is 10.9. The number of aryl methyl sites for hydroxylation is 2. The minimum Gasteiger partial charge on any atom is -0.497 e. The van der Waals surface area contributed by atoms with Crippen LogP contribution in [0.4, 0.5) is 5.69 Å². The molecule has 0 saturated heterocycles. The predicted octanol–water partition coefficient (Wildman–Crippen LogP) is 4.97. The molecule has 0 radical (unpaired) electrons. The first-order valence-electron chi connectivity index (χ1n) is 7.78. The van der Waals surface area contributed by atoms with Gasteiger partial charge in [-0.25, -0.2) is 0 Å². The van der Waals surface area contributed by atoms with E-state index in [4.69, 9.17) is 9.26 Å². The zero-order chi connectivity index (χ0) is 18.0. The third-order valence-electron chi connectivity index (χ3n) is 4.26. The topological polar surface area (TPSA) is 64.7 Å². The van der Waals surface area contributed by atoms with Crippen LogP contribution in [-0.4, -0.2) is 16.5 Å². The third-order valence-corrected chi connectivity index (χ3v) is 4.51. The van der Waals surface area contributed by atoms with Crippen molar-refractivity contribution in [3.05, 3.63) is 53.3 Å². The zero-order valence-electron chi connectivity index (χ0n) is 14.5. The number of benzene rings is 2. The maximum atomic E-state index is 10.9. The molecular formula is C19H18N2O3S. The van der Waals surface area contributed by atoms with Gasteiger partial charge < -0.3 is 9.26 Å². The van der Waals surface area contributed by atoms with Crippen LogP contribution in [0.15, 0.2) is 45.3 Å². The number of rotatable bonds is 4. The van der Waals surface area contributed by atoms with Gasteiger partial charge in [0.15, 0.2) is 0 Å². The largest absolute Gasteiger partial charge is 0.497 e. The minimum atomic E-state index is 0.220. The maximum Gasteiger partial charge on any atom is 0.205 e. The molecule has 128 valence electrons.